The van der Waals surface area contributed by atoms with Crippen LogP contribution in [0.4, 0.5) is 24.5 Å². The van der Waals surface area contributed by atoms with E-state index in [-0.39, 0.29) is 11.7 Å². The summed E-state index contributed by atoms with van der Waals surface area (Å²) in [6, 6.07) is 3.93. The number of likely N-dealkylation sites (N-methyl/N-ethyl adjacent to an activating group) is 1. The van der Waals surface area contributed by atoms with Crippen LogP contribution in [0, 0.1) is 0 Å². The zero-order chi connectivity index (χ0) is 14.2. The van der Waals surface area contributed by atoms with Crippen LogP contribution in [0.15, 0.2) is 18.2 Å². The topological polar surface area (TPSA) is 32.5 Å². The lowest BCUT2D eigenvalue weighted by Gasteiger charge is -2.40. The van der Waals surface area contributed by atoms with Gasteiger partial charge in [0.1, 0.15) is 0 Å². The molecule has 0 amide bonds. The summed E-state index contributed by atoms with van der Waals surface area (Å²) in [7, 11) is 2.01. The minimum Gasteiger partial charge on any atom is -0.399 e. The average Bonchev–Trinajstić information content (AvgIpc) is 2.26. The van der Waals surface area contributed by atoms with E-state index < -0.39 is 11.7 Å². The maximum Gasteiger partial charge on any atom is 0.416 e. The van der Waals surface area contributed by atoms with Crippen molar-refractivity contribution in [3.05, 3.63) is 23.8 Å². The van der Waals surface area contributed by atoms with Gasteiger partial charge < -0.3 is 15.5 Å². The Balaban J connectivity index is 2.32. The molecule has 106 valence electrons. The smallest absolute Gasteiger partial charge is 0.399 e. The molecule has 1 aliphatic heterocycles. The molecule has 2 rings (SSSR count). The molecule has 0 bridgehead atoms. The van der Waals surface area contributed by atoms with Gasteiger partial charge in [-0.2, -0.15) is 13.2 Å². The number of nitrogens with two attached hydrogens (primary N) is 1. The second kappa shape index (κ2) is 4.92. The molecule has 6 heteroatoms. The minimum absolute atomic E-state index is 0.149. The van der Waals surface area contributed by atoms with E-state index in [4.69, 9.17) is 5.73 Å². The first-order valence-electron chi connectivity index (χ1n) is 6.20. The molecule has 1 saturated heterocycles. The highest BCUT2D eigenvalue weighted by molar-refractivity contribution is 5.59. The predicted octanol–water partition coefficient (Wildman–Crippen LogP) is 2.43. The van der Waals surface area contributed by atoms with Crippen molar-refractivity contribution in [3.63, 3.8) is 0 Å². The zero-order valence-corrected chi connectivity index (χ0v) is 11.0. The van der Waals surface area contributed by atoms with Crippen LogP contribution in [-0.2, 0) is 6.18 Å². The molecule has 0 unspecified atom stereocenters. The van der Waals surface area contributed by atoms with E-state index in [1.807, 2.05) is 18.9 Å². The van der Waals surface area contributed by atoms with Gasteiger partial charge in [0.15, 0.2) is 0 Å². The van der Waals surface area contributed by atoms with Crippen LogP contribution < -0.4 is 10.6 Å². The lowest BCUT2D eigenvalue weighted by Crippen LogP contribution is -2.50. The molecule has 0 saturated carbocycles. The molecule has 0 spiro atoms. The van der Waals surface area contributed by atoms with Crippen molar-refractivity contribution in [3.8, 4) is 0 Å². The first-order valence-corrected chi connectivity index (χ1v) is 6.20. The molecule has 2 N–H and O–H groups in total. The Kier molecular flexibility index (Phi) is 3.62. The average molecular weight is 273 g/mol. The first kappa shape index (κ1) is 14.0. The van der Waals surface area contributed by atoms with Gasteiger partial charge in [0.05, 0.1) is 5.56 Å². The molecule has 3 nitrogen and oxygen atoms in total. The van der Waals surface area contributed by atoms with E-state index in [1.165, 1.54) is 6.07 Å². The molecular formula is C13H18F3N3. The number of nitrogens with zero attached hydrogens (tertiary/aromatic N) is 2. The van der Waals surface area contributed by atoms with E-state index in [1.54, 1.807) is 6.07 Å². The van der Waals surface area contributed by atoms with Gasteiger partial charge in [0, 0.05) is 37.1 Å². The van der Waals surface area contributed by atoms with Crippen molar-refractivity contribution in [2.24, 2.45) is 0 Å². The molecule has 0 aliphatic carbocycles. The molecule has 1 atom stereocenters. The summed E-state index contributed by atoms with van der Waals surface area (Å²) >= 11 is 0. The van der Waals surface area contributed by atoms with Crippen LogP contribution in [0.2, 0.25) is 0 Å². The number of hydrogen-bond donors (Lipinski definition) is 1. The fraction of sp³-hybridized carbons (Fsp3) is 0.538. The number of alkyl halides is 3. The molecule has 1 aromatic rings. The fourth-order valence-corrected chi connectivity index (χ4v) is 2.49. The quantitative estimate of drug-likeness (QED) is 0.798. The van der Waals surface area contributed by atoms with Crippen molar-refractivity contribution in [1.29, 1.82) is 0 Å². The summed E-state index contributed by atoms with van der Waals surface area (Å²) in [5.74, 6) is 0. The lowest BCUT2D eigenvalue weighted by atomic mass is 10.1. The van der Waals surface area contributed by atoms with Crippen molar-refractivity contribution >= 4 is 11.4 Å². The number of nitrogen functional groups attached to an aromatic ring is 1. The van der Waals surface area contributed by atoms with Crippen LogP contribution in [-0.4, -0.2) is 37.6 Å². The highest BCUT2D eigenvalue weighted by Crippen LogP contribution is 2.34. The van der Waals surface area contributed by atoms with Gasteiger partial charge in [-0.1, -0.05) is 0 Å². The summed E-state index contributed by atoms with van der Waals surface area (Å²) in [4.78, 5) is 4.14. The maximum absolute atomic E-state index is 12.8. The Bertz CT molecular complexity index is 459. The van der Waals surface area contributed by atoms with Gasteiger partial charge in [-0.3, -0.25) is 0 Å². The predicted molar refractivity (Wildman–Crippen MR) is 70.2 cm³/mol. The number of halogens is 3. The summed E-state index contributed by atoms with van der Waals surface area (Å²) in [6.45, 7) is 4.38. The molecule has 1 aromatic carbocycles. The van der Waals surface area contributed by atoms with Crippen LogP contribution in [0.25, 0.3) is 0 Å². The molecule has 1 aliphatic rings. The Morgan fingerprint density at radius 2 is 1.89 bits per heavy atom. The molecular weight excluding hydrogens is 255 g/mol. The largest absolute Gasteiger partial charge is 0.416 e. The SMILES string of the molecule is C[C@@H]1CN(C)CCN1c1cc(N)cc(C(F)(F)F)c1. The summed E-state index contributed by atoms with van der Waals surface area (Å²) in [5.41, 5.74) is 5.61. The van der Waals surface area contributed by atoms with Crippen molar-refractivity contribution in [1.82, 2.24) is 4.90 Å². The molecule has 1 heterocycles. The third-order valence-corrected chi connectivity index (χ3v) is 3.43. The van der Waals surface area contributed by atoms with E-state index in [2.05, 4.69) is 4.90 Å². The van der Waals surface area contributed by atoms with E-state index in [0.29, 0.717) is 12.2 Å². The minimum atomic E-state index is -4.36. The van der Waals surface area contributed by atoms with Crippen molar-refractivity contribution in [2.45, 2.75) is 19.1 Å². The molecule has 0 aromatic heterocycles. The highest BCUT2D eigenvalue weighted by Gasteiger charge is 2.32. The van der Waals surface area contributed by atoms with Gasteiger partial charge >= 0.3 is 6.18 Å². The second-order valence-corrected chi connectivity index (χ2v) is 5.12. The second-order valence-electron chi connectivity index (χ2n) is 5.12. The van der Waals surface area contributed by atoms with Gasteiger partial charge in [-0.05, 0) is 32.2 Å². The monoisotopic (exact) mass is 273 g/mol. The number of benzene rings is 1. The summed E-state index contributed by atoms with van der Waals surface area (Å²) in [5, 5.41) is 0. The molecule has 0 radical (unpaired) electrons. The third-order valence-electron chi connectivity index (χ3n) is 3.43. The van der Waals surface area contributed by atoms with Gasteiger partial charge in [-0.25, -0.2) is 0 Å². The Morgan fingerprint density at radius 1 is 1.21 bits per heavy atom. The Labute approximate surface area is 110 Å². The third kappa shape index (κ3) is 3.12. The number of hydrogen-bond acceptors (Lipinski definition) is 3. The zero-order valence-electron chi connectivity index (χ0n) is 11.0. The Morgan fingerprint density at radius 3 is 2.47 bits per heavy atom. The lowest BCUT2D eigenvalue weighted by molar-refractivity contribution is -0.137. The number of anilines is 2. The van der Waals surface area contributed by atoms with Crippen LogP contribution in [0.5, 0.6) is 0 Å². The van der Waals surface area contributed by atoms with Gasteiger partial charge in [0.25, 0.3) is 0 Å². The van der Waals surface area contributed by atoms with Crippen LogP contribution >= 0.6 is 0 Å². The van der Waals surface area contributed by atoms with Crippen molar-refractivity contribution in [2.75, 3.05) is 37.3 Å². The summed E-state index contributed by atoms with van der Waals surface area (Å²) < 4.78 is 38.4. The normalized spacial score (nSPS) is 21.7. The van der Waals surface area contributed by atoms with Crippen LogP contribution in [0.3, 0.4) is 0 Å². The van der Waals surface area contributed by atoms with E-state index >= 15 is 0 Å². The van der Waals surface area contributed by atoms with Gasteiger partial charge in [0.2, 0.25) is 0 Å². The van der Waals surface area contributed by atoms with Gasteiger partial charge in [-0.15, -0.1) is 0 Å². The molecule has 19 heavy (non-hydrogen) atoms. The van der Waals surface area contributed by atoms with E-state index in [0.717, 1.165) is 19.2 Å². The number of rotatable bonds is 1. The van der Waals surface area contributed by atoms with Crippen LogP contribution in [0.1, 0.15) is 12.5 Å². The maximum atomic E-state index is 12.8. The number of piperazine rings is 1. The molecule has 1 fully saturated rings. The Hall–Kier alpha value is -1.43. The first-order chi connectivity index (χ1) is 8.77. The standard InChI is InChI=1S/C13H18F3N3/c1-9-8-18(2)3-4-19(9)12-6-10(13(14,15)16)5-11(17)7-12/h5-7,9H,3-4,8,17H2,1-2H3/t9-/m1/s1. The highest BCUT2D eigenvalue weighted by atomic mass is 19.4. The fourth-order valence-electron chi connectivity index (χ4n) is 2.49. The summed E-state index contributed by atoms with van der Waals surface area (Å²) in [6.07, 6.45) is -4.36. The van der Waals surface area contributed by atoms with E-state index in [9.17, 15) is 13.2 Å². The van der Waals surface area contributed by atoms with Crippen molar-refractivity contribution < 1.29 is 13.2 Å².